The summed E-state index contributed by atoms with van der Waals surface area (Å²) in [6, 6.07) is 0.851. The molecule has 2 atom stereocenters. The summed E-state index contributed by atoms with van der Waals surface area (Å²) < 4.78 is 2.47. The molecule has 10 heavy (non-hydrogen) atoms. The van der Waals surface area contributed by atoms with Crippen molar-refractivity contribution in [1.82, 2.24) is 3.11 Å². The van der Waals surface area contributed by atoms with Gasteiger partial charge in [-0.3, -0.25) is 0 Å². The van der Waals surface area contributed by atoms with Gasteiger partial charge < -0.3 is 0 Å². The van der Waals surface area contributed by atoms with Crippen molar-refractivity contribution >= 4 is 22.9 Å². The summed E-state index contributed by atoms with van der Waals surface area (Å²) >= 11 is 2.46. The first-order valence-corrected chi connectivity index (χ1v) is 5.13. The van der Waals surface area contributed by atoms with Crippen LogP contribution in [0.5, 0.6) is 0 Å². The Bertz CT molecular complexity index is 105. The molecule has 1 nitrogen and oxygen atoms in total. The maximum Gasteiger partial charge on any atom is 0.0204 e. The fourth-order valence-corrected chi connectivity index (χ4v) is 2.49. The van der Waals surface area contributed by atoms with Gasteiger partial charge in [0, 0.05) is 35.5 Å². The van der Waals surface area contributed by atoms with Crippen LogP contribution in [0.15, 0.2) is 0 Å². The van der Waals surface area contributed by atoms with Crippen molar-refractivity contribution in [3.8, 4) is 0 Å². The Kier molecular flexibility index (Phi) is 3.43. The molecule has 0 amide bonds. The third-order valence-electron chi connectivity index (χ3n) is 2.38. The topological polar surface area (TPSA) is 3.24 Å². The average Bonchev–Trinajstić information content (AvgIpc) is 1.94. The van der Waals surface area contributed by atoms with E-state index in [4.69, 9.17) is 0 Å². The van der Waals surface area contributed by atoms with Gasteiger partial charge in [-0.2, -0.15) is 0 Å². The van der Waals surface area contributed by atoms with Crippen LogP contribution in [0.2, 0.25) is 0 Å². The average molecular weight is 253 g/mol. The number of hydrogen-bond donors (Lipinski definition) is 0. The molecule has 0 aromatic carbocycles. The van der Waals surface area contributed by atoms with E-state index in [0.717, 1.165) is 12.0 Å². The standard InChI is InChI=1S/C8H16IN/c1-3-8-6-7(2)4-5-10(8)9/h7-8H,3-6H2,1-2H3/t7?,8-/m0/s1. The van der Waals surface area contributed by atoms with Crippen LogP contribution in [0.4, 0.5) is 0 Å². The number of piperidine rings is 1. The lowest BCUT2D eigenvalue weighted by Crippen LogP contribution is -2.34. The van der Waals surface area contributed by atoms with Crippen molar-refractivity contribution in [2.45, 2.75) is 39.2 Å². The molecule has 1 aliphatic rings. The second-order valence-electron chi connectivity index (χ2n) is 3.31. The van der Waals surface area contributed by atoms with Crippen LogP contribution >= 0.6 is 22.9 Å². The molecular formula is C8H16IN. The van der Waals surface area contributed by atoms with Crippen LogP contribution in [-0.2, 0) is 0 Å². The zero-order chi connectivity index (χ0) is 7.56. The minimum absolute atomic E-state index is 0.851. The molecule has 0 saturated carbocycles. The number of rotatable bonds is 1. The monoisotopic (exact) mass is 253 g/mol. The molecule has 0 spiro atoms. The van der Waals surface area contributed by atoms with Crippen LogP contribution in [0.3, 0.4) is 0 Å². The summed E-state index contributed by atoms with van der Waals surface area (Å²) in [5.41, 5.74) is 0. The fraction of sp³-hybridized carbons (Fsp3) is 1.00. The SMILES string of the molecule is CC[C@H]1CC(C)CCN1I. The van der Waals surface area contributed by atoms with Gasteiger partial charge in [0.05, 0.1) is 0 Å². The molecule has 0 aromatic rings. The second kappa shape index (κ2) is 3.90. The molecule has 0 N–H and O–H groups in total. The lowest BCUT2D eigenvalue weighted by atomic mass is 9.93. The van der Waals surface area contributed by atoms with E-state index in [-0.39, 0.29) is 0 Å². The van der Waals surface area contributed by atoms with Gasteiger partial charge in [0.15, 0.2) is 0 Å². The van der Waals surface area contributed by atoms with Gasteiger partial charge in [-0.1, -0.05) is 13.8 Å². The van der Waals surface area contributed by atoms with E-state index in [0.29, 0.717) is 0 Å². The van der Waals surface area contributed by atoms with Crippen molar-refractivity contribution in [3.63, 3.8) is 0 Å². The van der Waals surface area contributed by atoms with Gasteiger partial charge in [0.1, 0.15) is 0 Å². The molecule has 0 aromatic heterocycles. The zero-order valence-corrected chi connectivity index (χ0v) is 8.97. The molecule has 0 bridgehead atoms. The van der Waals surface area contributed by atoms with Crippen LogP contribution in [0.1, 0.15) is 33.1 Å². The van der Waals surface area contributed by atoms with Crippen molar-refractivity contribution in [2.24, 2.45) is 5.92 Å². The smallest absolute Gasteiger partial charge is 0.0204 e. The highest BCUT2D eigenvalue weighted by atomic mass is 127. The van der Waals surface area contributed by atoms with Crippen molar-refractivity contribution in [3.05, 3.63) is 0 Å². The lowest BCUT2D eigenvalue weighted by molar-refractivity contribution is 0.235. The van der Waals surface area contributed by atoms with Crippen molar-refractivity contribution in [2.75, 3.05) is 6.54 Å². The van der Waals surface area contributed by atoms with E-state index in [1.807, 2.05) is 0 Å². The van der Waals surface area contributed by atoms with Crippen molar-refractivity contribution < 1.29 is 0 Å². The first-order chi connectivity index (χ1) is 4.74. The second-order valence-corrected chi connectivity index (χ2v) is 4.55. The van der Waals surface area contributed by atoms with Gasteiger partial charge in [-0.05, 0) is 25.2 Å². The Hall–Kier alpha value is 0.690. The van der Waals surface area contributed by atoms with Gasteiger partial charge in [-0.25, -0.2) is 3.11 Å². The molecule has 1 unspecified atom stereocenters. The van der Waals surface area contributed by atoms with Gasteiger partial charge in [0.25, 0.3) is 0 Å². The molecule has 1 aliphatic heterocycles. The quantitative estimate of drug-likeness (QED) is 0.513. The van der Waals surface area contributed by atoms with E-state index in [1.54, 1.807) is 0 Å². The maximum absolute atomic E-state index is 2.47. The van der Waals surface area contributed by atoms with E-state index in [1.165, 1.54) is 25.8 Å². The van der Waals surface area contributed by atoms with Crippen LogP contribution in [-0.4, -0.2) is 15.7 Å². The Morgan fingerprint density at radius 3 is 2.80 bits per heavy atom. The van der Waals surface area contributed by atoms with E-state index >= 15 is 0 Å². The summed E-state index contributed by atoms with van der Waals surface area (Å²) in [5.74, 6) is 0.955. The summed E-state index contributed by atoms with van der Waals surface area (Å²) in [5, 5.41) is 0. The fourth-order valence-electron chi connectivity index (χ4n) is 1.59. The number of hydrogen-bond acceptors (Lipinski definition) is 1. The van der Waals surface area contributed by atoms with Crippen LogP contribution < -0.4 is 0 Å². The summed E-state index contributed by atoms with van der Waals surface area (Å²) in [7, 11) is 0. The van der Waals surface area contributed by atoms with E-state index in [9.17, 15) is 0 Å². The first kappa shape index (κ1) is 8.78. The maximum atomic E-state index is 2.47. The Morgan fingerprint density at radius 2 is 2.30 bits per heavy atom. The van der Waals surface area contributed by atoms with Crippen molar-refractivity contribution in [1.29, 1.82) is 0 Å². The highest BCUT2D eigenvalue weighted by molar-refractivity contribution is 14.1. The predicted octanol–water partition coefficient (Wildman–Crippen LogP) is 2.85. The van der Waals surface area contributed by atoms with E-state index in [2.05, 4.69) is 39.8 Å². The van der Waals surface area contributed by atoms with Gasteiger partial charge >= 0.3 is 0 Å². The third-order valence-corrected chi connectivity index (χ3v) is 3.65. The number of nitrogens with zero attached hydrogens (tertiary/aromatic N) is 1. The highest BCUT2D eigenvalue weighted by Crippen LogP contribution is 2.26. The highest BCUT2D eigenvalue weighted by Gasteiger charge is 2.22. The molecule has 1 heterocycles. The molecule has 2 heteroatoms. The molecule has 1 rings (SSSR count). The van der Waals surface area contributed by atoms with Gasteiger partial charge in [-0.15, -0.1) is 0 Å². The summed E-state index contributed by atoms with van der Waals surface area (Å²) in [6.07, 6.45) is 4.10. The molecule has 1 saturated heterocycles. The van der Waals surface area contributed by atoms with Crippen LogP contribution in [0.25, 0.3) is 0 Å². The Balaban J connectivity index is 2.38. The minimum atomic E-state index is 0.851. The number of halogens is 1. The predicted molar refractivity (Wildman–Crippen MR) is 53.2 cm³/mol. The molecule has 1 fully saturated rings. The molecular weight excluding hydrogens is 237 g/mol. The third kappa shape index (κ3) is 2.09. The van der Waals surface area contributed by atoms with Gasteiger partial charge in [0.2, 0.25) is 0 Å². The molecule has 60 valence electrons. The van der Waals surface area contributed by atoms with Crippen LogP contribution in [0, 0.1) is 5.92 Å². The summed E-state index contributed by atoms with van der Waals surface area (Å²) in [6.45, 7) is 5.95. The largest absolute Gasteiger partial charge is 0.244 e. The summed E-state index contributed by atoms with van der Waals surface area (Å²) in [4.78, 5) is 0. The lowest BCUT2D eigenvalue weighted by Gasteiger charge is -2.33. The van der Waals surface area contributed by atoms with E-state index < -0.39 is 0 Å². The normalized spacial score (nSPS) is 36.3. The molecule has 0 aliphatic carbocycles. The zero-order valence-electron chi connectivity index (χ0n) is 6.81. The minimum Gasteiger partial charge on any atom is -0.244 e. The Labute approximate surface area is 77.7 Å². The first-order valence-electron chi connectivity index (χ1n) is 4.16. The Morgan fingerprint density at radius 1 is 1.60 bits per heavy atom. The molecule has 0 radical (unpaired) electrons.